The van der Waals surface area contributed by atoms with Crippen LogP contribution in [0.2, 0.25) is 0 Å². The molecule has 9 nitrogen and oxygen atoms in total. The van der Waals surface area contributed by atoms with Crippen molar-refractivity contribution in [3.8, 4) is 0 Å². The van der Waals surface area contributed by atoms with Crippen LogP contribution in [0.5, 0.6) is 0 Å². The van der Waals surface area contributed by atoms with Crippen molar-refractivity contribution in [2.24, 2.45) is 0 Å². The fraction of sp³-hybridized carbons (Fsp3) is 1.00. The maximum atomic E-state index is 6.30. The van der Waals surface area contributed by atoms with Gasteiger partial charge >= 0.3 is 17.6 Å². The van der Waals surface area contributed by atoms with E-state index in [-0.39, 0.29) is 12.2 Å². The Morgan fingerprint density at radius 2 is 0.913 bits per heavy atom. The van der Waals surface area contributed by atoms with Gasteiger partial charge in [-0.15, -0.1) is 0 Å². The van der Waals surface area contributed by atoms with Crippen molar-refractivity contribution in [1.82, 2.24) is 0 Å². The first-order valence-corrected chi connectivity index (χ1v) is 10.9. The lowest BCUT2D eigenvalue weighted by Gasteiger charge is -2.37. The van der Waals surface area contributed by atoms with E-state index in [0.717, 1.165) is 0 Å². The highest BCUT2D eigenvalue weighted by Crippen LogP contribution is 2.34. The van der Waals surface area contributed by atoms with Crippen molar-refractivity contribution in [1.29, 1.82) is 0 Å². The van der Waals surface area contributed by atoms with Gasteiger partial charge in [-0.05, 0) is 0 Å². The van der Waals surface area contributed by atoms with E-state index in [1.54, 1.807) is 0 Å². The Kier molecular flexibility index (Phi) is 6.72. The largest absolute Gasteiger partial charge is 0.533 e. The molecule has 11 heteroatoms. The van der Waals surface area contributed by atoms with Crippen molar-refractivity contribution < 1.29 is 40.8 Å². The summed E-state index contributed by atoms with van der Waals surface area (Å²) in [4.78, 5) is 0. The molecule has 0 N–H and O–H groups in total. The smallest absolute Gasteiger partial charge is 0.375 e. The molecule has 0 saturated carbocycles. The molecule has 0 spiro atoms. The second-order valence-electron chi connectivity index (χ2n) is 5.15. The minimum atomic E-state index is -3.09. The fourth-order valence-electron chi connectivity index (χ4n) is 2.61. The van der Waals surface area contributed by atoms with E-state index >= 15 is 0 Å². The molecule has 0 aromatic heterocycles. The van der Waals surface area contributed by atoms with Crippen molar-refractivity contribution in [3.63, 3.8) is 0 Å². The Bertz CT molecular complexity index is 319. The molecular weight excluding hydrogens is 344 g/mol. The first-order valence-electron chi connectivity index (χ1n) is 7.25. The zero-order valence-electron chi connectivity index (χ0n) is 14.4. The highest BCUT2D eigenvalue weighted by Gasteiger charge is 2.63. The molecule has 4 unspecified atom stereocenters. The van der Waals surface area contributed by atoms with Crippen LogP contribution in [0.25, 0.3) is 0 Å². The normalized spacial score (nSPS) is 26.9. The van der Waals surface area contributed by atoms with Crippen LogP contribution >= 0.6 is 0 Å². The molecule has 2 saturated heterocycles. The van der Waals surface area contributed by atoms with Crippen molar-refractivity contribution in [3.05, 3.63) is 0 Å². The summed E-state index contributed by atoms with van der Waals surface area (Å²) in [6, 6.07) is 0. The Hall–Kier alpha value is 0.0738. The molecule has 0 bridgehead atoms. The van der Waals surface area contributed by atoms with E-state index < -0.39 is 29.1 Å². The number of epoxide rings is 2. The second kappa shape index (κ2) is 7.97. The van der Waals surface area contributed by atoms with E-state index in [1.807, 2.05) is 0 Å². The van der Waals surface area contributed by atoms with Crippen LogP contribution < -0.4 is 0 Å². The summed E-state index contributed by atoms with van der Waals surface area (Å²) in [6.45, 7) is 1.10. The summed E-state index contributed by atoms with van der Waals surface area (Å²) in [7, 11) is 3.03. The predicted molar refractivity (Wildman–Crippen MR) is 81.7 cm³/mol. The first kappa shape index (κ1) is 19.4. The average molecular weight is 371 g/mol. The number of hydrogen-bond acceptors (Lipinski definition) is 9. The lowest BCUT2D eigenvalue weighted by Crippen LogP contribution is -2.65. The summed E-state index contributed by atoms with van der Waals surface area (Å²) in [6.07, 6.45) is -0.333. The quantitative estimate of drug-likeness (QED) is 0.329. The summed E-state index contributed by atoms with van der Waals surface area (Å²) < 4.78 is 50.5. The van der Waals surface area contributed by atoms with Gasteiger partial charge < -0.3 is 40.8 Å². The number of rotatable bonds is 12. The molecule has 2 aliphatic rings. The van der Waals surface area contributed by atoms with Gasteiger partial charge in [-0.2, -0.15) is 0 Å². The van der Waals surface area contributed by atoms with E-state index in [2.05, 4.69) is 0 Å². The third-order valence-corrected chi connectivity index (χ3v) is 9.91. The zero-order chi connectivity index (χ0) is 17.1. The molecule has 136 valence electrons. The van der Waals surface area contributed by atoms with Gasteiger partial charge in [0.1, 0.15) is 12.2 Å². The standard InChI is InChI=1S/C12H26O9Si2/c1-13-22(14-2,15-3)11(9-7-19-9)21-12(10-8-20-10)23(16-4,17-5)18-6/h9-12H,7-8H2,1-6H3. The van der Waals surface area contributed by atoms with Gasteiger partial charge in [0.25, 0.3) is 0 Å². The fourth-order valence-corrected chi connectivity index (χ4v) is 7.06. The molecule has 23 heavy (non-hydrogen) atoms. The minimum absolute atomic E-state index is 0.167. The van der Waals surface area contributed by atoms with Crippen LogP contribution in [0.1, 0.15) is 0 Å². The molecule has 4 atom stereocenters. The van der Waals surface area contributed by atoms with Gasteiger partial charge in [-0.25, -0.2) is 0 Å². The van der Waals surface area contributed by atoms with Gasteiger partial charge in [-0.3, -0.25) is 0 Å². The minimum Gasteiger partial charge on any atom is -0.375 e. The zero-order valence-corrected chi connectivity index (χ0v) is 16.4. The van der Waals surface area contributed by atoms with Gasteiger partial charge in [-0.1, -0.05) is 0 Å². The highest BCUT2D eigenvalue weighted by molar-refractivity contribution is 6.64. The maximum absolute atomic E-state index is 6.30. The Morgan fingerprint density at radius 3 is 1.09 bits per heavy atom. The van der Waals surface area contributed by atoms with E-state index in [0.29, 0.717) is 13.2 Å². The summed E-state index contributed by atoms with van der Waals surface area (Å²) in [5, 5.41) is 0. The topological polar surface area (TPSA) is 89.7 Å². The predicted octanol–water partition coefficient (Wildman–Crippen LogP) is -0.628. The van der Waals surface area contributed by atoms with Gasteiger partial charge in [0.2, 0.25) is 0 Å². The monoisotopic (exact) mass is 370 g/mol. The lowest BCUT2D eigenvalue weighted by molar-refractivity contribution is -0.0536. The van der Waals surface area contributed by atoms with Crippen LogP contribution in [0.3, 0.4) is 0 Å². The van der Waals surface area contributed by atoms with Gasteiger partial charge in [0.15, 0.2) is 11.5 Å². The maximum Gasteiger partial charge on any atom is 0.533 e. The van der Waals surface area contributed by atoms with Crippen LogP contribution in [-0.4, -0.2) is 97.1 Å². The third-order valence-electron chi connectivity index (χ3n) is 4.09. The molecule has 2 heterocycles. The number of hydrogen-bond donors (Lipinski definition) is 0. The second-order valence-corrected chi connectivity index (χ2v) is 11.2. The molecule has 0 amide bonds. The van der Waals surface area contributed by atoms with Crippen LogP contribution in [0.4, 0.5) is 0 Å². The van der Waals surface area contributed by atoms with Crippen molar-refractivity contribution in [2.45, 2.75) is 23.7 Å². The summed E-state index contributed by atoms with van der Waals surface area (Å²) in [5.74, 6) is 0. The molecule has 0 aliphatic carbocycles. The molecular formula is C12H26O9Si2. The first-order chi connectivity index (χ1) is 11.1. The third kappa shape index (κ3) is 3.85. The van der Waals surface area contributed by atoms with Gasteiger partial charge in [0.05, 0.1) is 13.2 Å². The SMILES string of the molecule is CO[Si](OC)(OC)C(OC(C1CO1)[Si](OC)(OC)OC)C1CO1. The lowest BCUT2D eigenvalue weighted by atomic mass is 10.5. The van der Waals surface area contributed by atoms with Crippen LogP contribution in [-0.2, 0) is 40.8 Å². The Balaban J connectivity index is 2.25. The van der Waals surface area contributed by atoms with E-state index in [9.17, 15) is 0 Å². The number of ether oxygens (including phenoxy) is 3. The van der Waals surface area contributed by atoms with E-state index in [4.69, 9.17) is 40.8 Å². The Labute approximate surface area is 138 Å². The summed E-state index contributed by atoms with van der Waals surface area (Å²) >= 11 is 0. The molecule has 2 rings (SSSR count). The van der Waals surface area contributed by atoms with Crippen LogP contribution in [0, 0.1) is 0 Å². The Morgan fingerprint density at radius 1 is 0.652 bits per heavy atom. The molecule has 0 radical (unpaired) electrons. The molecule has 0 aromatic rings. The van der Waals surface area contributed by atoms with E-state index in [1.165, 1.54) is 42.7 Å². The molecule has 0 aromatic carbocycles. The summed E-state index contributed by atoms with van der Waals surface area (Å²) in [5.41, 5.74) is -1.05. The van der Waals surface area contributed by atoms with Gasteiger partial charge in [0, 0.05) is 42.7 Å². The molecule has 2 fully saturated rings. The van der Waals surface area contributed by atoms with Crippen molar-refractivity contribution in [2.75, 3.05) is 55.9 Å². The highest BCUT2D eigenvalue weighted by atomic mass is 28.4. The molecule has 2 aliphatic heterocycles. The van der Waals surface area contributed by atoms with Crippen LogP contribution in [0.15, 0.2) is 0 Å². The van der Waals surface area contributed by atoms with Crippen molar-refractivity contribution >= 4 is 17.6 Å². The average Bonchev–Trinajstić information content (AvgIpc) is 3.49.